The summed E-state index contributed by atoms with van der Waals surface area (Å²) >= 11 is 0. The van der Waals surface area contributed by atoms with Crippen LogP contribution in [0.2, 0.25) is 0 Å². The number of aliphatic hydroxyl groups is 1. The van der Waals surface area contributed by atoms with Gasteiger partial charge >= 0.3 is 0 Å². The molecule has 1 heterocycles. The molecule has 0 fully saturated rings. The van der Waals surface area contributed by atoms with Crippen LogP contribution in [0.5, 0.6) is 0 Å². The Kier molecular flexibility index (Phi) is 4.58. The molecule has 0 aliphatic carbocycles. The SMILES string of the molecule is CC=Nc1ccc(C(O)C2=CCNC(C)=C2)cc1NC. The maximum Gasteiger partial charge on any atom is 0.104 e. The van der Waals surface area contributed by atoms with E-state index in [9.17, 15) is 5.11 Å². The van der Waals surface area contributed by atoms with Gasteiger partial charge in [0.25, 0.3) is 0 Å². The molecule has 106 valence electrons. The van der Waals surface area contributed by atoms with Crippen LogP contribution in [0.15, 0.2) is 46.6 Å². The van der Waals surface area contributed by atoms with E-state index in [1.807, 2.05) is 51.2 Å². The third kappa shape index (κ3) is 3.08. The van der Waals surface area contributed by atoms with E-state index in [1.165, 1.54) is 0 Å². The van der Waals surface area contributed by atoms with Crippen molar-refractivity contribution in [2.24, 2.45) is 4.99 Å². The van der Waals surface area contributed by atoms with E-state index < -0.39 is 6.10 Å². The molecule has 1 unspecified atom stereocenters. The van der Waals surface area contributed by atoms with Crippen molar-refractivity contribution in [3.63, 3.8) is 0 Å². The van der Waals surface area contributed by atoms with Crippen molar-refractivity contribution >= 4 is 17.6 Å². The standard InChI is InChI=1S/C16H21N3O/c1-4-18-14-6-5-12(10-15(14)17-3)16(20)13-7-8-19-11(2)9-13/h4-7,9-10,16-17,19-20H,8H2,1-3H3. The van der Waals surface area contributed by atoms with Gasteiger partial charge in [0.05, 0.1) is 11.4 Å². The summed E-state index contributed by atoms with van der Waals surface area (Å²) in [5.41, 5.74) is 4.64. The summed E-state index contributed by atoms with van der Waals surface area (Å²) in [6, 6.07) is 5.78. The van der Waals surface area contributed by atoms with Crippen molar-refractivity contribution in [1.29, 1.82) is 0 Å². The van der Waals surface area contributed by atoms with Crippen molar-refractivity contribution < 1.29 is 5.11 Å². The highest BCUT2D eigenvalue weighted by atomic mass is 16.3. The molecule has 4 nitrogen and oxygen atoms in total. The van der Waals surface area contributed by atoms with Gasteiger partial charge in [0, 0.05) is 25.5 Å². The van der Waals surface area contributed by atoms with Gasteiger partial charge in [0.15, 0.2) is 0 Å². The lowest BCUT2D eigenvalue weighted by atomic mass is 9.98. The molecule has 0 saturated carbocycles. The average Bonchev–Trinajstić information content (AvgIpc) is 2.47. The minimum Gasteiger partial charge on any atom is -0.386 e. The van der Waals surface area contributed by atoms with Crippen molar-refractivity contribution in [2.45, 2.75) is 20.0 Å². The zero-order chi connectivity index (χ0) is 14.5. The molecule has 4 heteroatoms. The molecule has 0 bridgehead atoms. The van der Waals surface area contributed by atoms with Gasteiger partial charge in [-0.3, -0.25) is 4.99 Å². The highest BCUT2D eigenvalue weighted by Gasteiger charge is 2.15. The third-order valence-electron chi connectivity index (χ3n) is 3.29. The van der Waals surface area contributed by atoms with Crippen molar-refractivity contribution in [1.82, 2.24) is 5.32 Å². The molecule has 1 aromatic rings. The number of benzene rings is 1. The molecule has 1 aromatic carbocycles. The molecule has 0 radical (unpaired) electrons. The number of anilines is 1. The Morgan fingerprint density at radius 3 is 2.90 bits per heavy atom. The zero-order valence-corrected chi connectivity index (χ0v) is 12.1. The Morgan fingerprint density at radius 2 is 2.25 bits per heavy atom. The predicted octanol–water partition coefficient (Wildman–Crippen LogP) is 2.92. The van der Waals surface area contributed by atoms with Crippen LogP contribution in [0, 0.1) is 0 Å². The van der Waals surface area contributed by atoms with Gasteiger partial charge in [-0.2, -0.15) is 0 Å². The summed E-state index contributed by atoms with van der Waals surface area (Å²) in [6.07, 6.45) is 5.13. The fourth-order valence-electron chi connectivity index (χ4n) is 2.25. The fourth-order valence-corrected chi connectivity index (χ4v) is 2.25. The minimum atomic E-state index is -0.612. The van der Waals surface area contributed by atoms with Gasteiger partial charge in [-0.05, 0) is 43.2 Å². The summed E-state index contributed by atoms with van der Waals surface area (Å²) in [6.45, 7) is 4.64. The number of aliphatic imine (C=N–C) groups is 1. The number of nitrogens with zero attached hydrogens (tertiary/aromatic N) is 1. The first-order chi connectivity index (χ1) is 9.65. The second-order valence-electron chi connectivity index (χ2n) is 4.73. The molecule has 20 heavy (non-hydrogen) atoms. The molecular formula is C16H21N3O. The summed E-state index contributed by atoms with van der Waals surface area (Å²) < 4.78 is 0. The van der Waals surface area contributed by atoms with Crippen LogP contribution in [0.1, 0.15) is 25.5 Å². The van der Waals surface area contributed by atoms with Gasteiger partial charge in [0.2, 0.25) is 0 Å². The highest BCUT2D eigenvalue weighted by Crippen LogP contribution is 2.31. The smallest absolute Gasteiger partial charge is 0.104 e. The summed E-state index contributed by atoms with van der Waals surface area (Å²) in [5, 5.41) is 16.8. The first-order valence-corrected chi connectivity index (χ1v) is 6.76. The molecular weight excluding hydrogens is 250 g/mol. The van der Waals surface area contributed by atoms with Crippen LogP contribution in [-0.4, -0.2) is 24.9 Å². The van der Waals surface area contributed by atoms with E-state index in [1.54, 1.807) is 6.21 Å². The first kappa shape index (κ1) is 14.3. The molecule has 2 rings (SSSR count). The topological polar surface area (TPSA) is 56.7 Å². The molecule has 1 aliphatic rings. The van der Waals surface area contributed by atoms with Crippen LogP contribution < -0.4 is 10.6 Å². The summed E-state index contributed by atoms with van der Waals surface area (Å²) in [5.74, 6) is 0. The maximum atomic E-state index is 10.5. The van der Waals surface area contributed by atoms with E-state index in [0.29, 0.717) is 0 Å². The Hall–Kier alpha value is -2.07. The maximum absolute atomic E-state index is 10.5. The number of nitrogens with one attached hydrogen (secondary N) is 2. The van der Waals surface area contributed by atoms with E-state index in [-0.39, 0.29) is 0 Å². The number of allylic oxidation sites excluding steroid dienone is 1. The minimum absolute atomic E-state index is 0.612. The number of hydrogen-bond acceptors (Lipinski definition) is 4. The molecule has 1 atom stereocenters. The van der Waals surface area contributed by atoms with Crippen LogP contribution in [0.3, 0.4) is 0 Å². The predicted molar refractivity (Wildman–Crippen MR) is 84.6 cm³/mol. The fraction of sp³-hybridized carbons (Fsp3) is 0.312. The van der Waals surface area contributed by atoms with Crippen molar-refractivity contribution in [3.05, 3.63) is 47.2 Å². The molecule has 0 aromatic heterocycles. The van der Waals surface area contributed by atoms with Crippen molar-refractivity contribution in [3.8, 4) is 0 Å². The van der Waals surface area contributed by atoms with Gasteiger partial charge in [-0.1, -0.05) is 12.1 Å². The van der Waals surface area contributed by atoms with Gasteiger partial charge < -0.3 is 15.7 Å². The number of hydrogen-bond donors (Lipinski definition) is 3. The molecule has 0 amide bonds. The van der Waals surface area contributed by atoms with Crippen LogP contribution in [0.4, 0.5) is 11.4 Å². The van der Waals surface area contributed by atoms with Crippen LogP contribution in [0.25, 0.3) is 0 Å². The normalized spacial score (nSPS) is 16.4. The summed E-state index contributed by atoms with van der Waals surface area (Å²) in [4.78, 5) is 4.30. The molecule has 0 saturated heterocycles. The monoisotopic (exact) mass is 271 g/mol. The van der Waals surface area contributed by atoms with E-state index in [0.717, 1.165) is 34.8 Å². The zero-order valence-electron chi connectivity index (χ0n) is 12.1. The Balaban J connectivity index is 2.31. The number of rotatable bonds is 4. The first-order valence-electron chi connectivity index (χ1n) is 6.76. The van der Waals surface area contributed by atoms with Gasteiger partial charge in [-0.15, -0.1) is 0 Å². The van der Waals surface area contributed by atoms with Gasteiger partial charge in [-0.25, -0.2) is 0 Å². The van der Waals surface area contributed by atoms with Gasteiger partial charge in [0.1, 0.15) is 6.10 Å². The lowest BCUT2D eigenvalue weighted by molar-refractivity contribution is 0.218. The molecule has 3 N–H and O–H groups in total. The second-order valence-corrected chi connectivity index (χ2v) is 4.73. The summed E-state index contributed by atoms with van der Waals surface area (Å²) in [7, 11) is 1.86. The lowest BCUT2D eigenvalue weighted by Crippen LogP contribution is -2.17. The van der Waals surface area contributed by atoms with Crippen LogP contribution in [-0.2, 0) is 0 Å². The Bertz CT molecular complexity index is 573. The third-order valence-corrected chi connectivity index (χ3v) is 3.29. The number of dihydropyridines is 1. The number of aliphatic hydroxyl groups excluding tert-OH is 1. The Labute approximate surface area is 119 Å². The highest BCUT2D eigenvalue weighted by molar-refractivity contribution is 5.72. The second kappa shape index (κ2) is 6.39. The molecule has 0 spiro atoms. The van der Waals surface area contributed by atoms with Crippen molar-refractivity contribution in [2.75, 3.05) is 18.9 Å². The Morgan fingerprint density at radius 1 is 1.45 bits per heavy atom. The average molecular weight is 271 g/mol. The molecule has 1 aliphatic heterocycles. The van der Waals surface area contributed by atoms with E-state index in [2.05, 4.69) is 15.6 Å². The lowest BCUT2D eigenvalue weighted by Gasteiger charge is -2.19. The van der Waals surface area contributed by atoms with E-state index >= 15 is 0 Å². The van der Waals surface area contributed by atoms with Crippen LogP contribution >= 0.6 is 0 Å². The van der Waals surface area contributed by atoms with E-state index in [4.69, 9.17) is 0 Å². The quantitative estimate of drug-likeness (QED) is 0.738. The largest absolute Gasteiger partial charge is 0.386 e.